The summed E-state index contributed by atoms with van der Waals surface area (Å²) in [5.41, 5.74) is 1.92. The van der Waals surface area contributed by atoms with Gasteiger partial charge in [-0.1, -0.05) is 109 Å². The molecule has 0 aromatic heterocycles. The highest BCUT2D eigenvalue weighted by Crippen LogP contribution is 2.29. The van der Waals surface area contributed by atoms with Gasteiger partial charge in [-0.25, -0.2) is 25.3 Å². The van der Waals surface area contributed by atoms with Gasteiger partial charge in [-0.15, -0.1) is 0 Å². The van der Waals surface area contributed by atoms with Crippen molar-refractivity contribution in [2.24, 2.45) is 5.41 Å². The lowest BCUT2D eigenvalue weighted by Crippen LogP contribution is -2.47. The Morgan fingerprint density at radius 1 is 0.490 bits per heavy atom. The highest BCUT2D eigenvalue weighted by Gasteiger charge is 2.37. The Bertz CT molecular complexity index is 2170. The smallest absolute Gasteiger partial charge is 0.207 e. The van der Waals surface area contributed by atoms with Gasteiger partial charge in [-0.3, -0.25) is 0 Å². The highest BCUT2D eigenvalue weighted by atomic mass is 32.2. The van der Waals surface area contributed by atoms with Gasteiger partial charge < -0.3 is 0 Å². The van der Waals surface area contributed by atoms with Gasteiger partial charge in [0.15, 0.2) is 0 Å². The fourth-order valence-electron chi connectivity index (χ4n) is 4.85. The van der Waals surface area contributed by atoms with E-state index in [9.17, 15) is 25.3 Å². The minimum atomic E-state index is -4.16. The molecule has 0 saturated carbocycles. The molecule has 0 aliphatic carbocycles. The van der Waals surface area contributed by atoms with Gasteiger partial charge in [0.25, 0.3) is 0 Å². The van der Waals surface area contributed by atoms with E-state index in [1.807, 2.05) is 41.5 Å². The Labute approximate surface area is 292 Å². The first-order valence-electron chi connectivity index (χ1n) is 15.6. The minimum absolute atomic E-state index is 0.0486. The van der Waals surface area contributed by atoms with Crippen LogP contribution in [0.25, 0.3) is 0 Å². The van der Waals surface area contributed by atoms with Crippen LogP contribution in [0.2, 0.25) is 0 Å². The van der Waals surface area contributed by atoms with Gasteiger partial charge in [0.1, 0.15) is 0 Å². The molecule has 4 rings (SSSR count). The normalized spacial score (nSPS) is 17.6. The van der Waals surface area contributed by atoms with Gasteiger partial charge in [-0.2, -0.15) is 12.9 Å². The molecule has 49 heavy (non-hydrogen) atoms. The third-order valence-electron chi connectivity index (χ3n) is 7.80. The van der Waals surface area contributed by atoms with Crippen molar-refractivity contribution in [3.05, 3.63) is 89.5 Å². The molecule has 0 amide bonds. The molecule has 1 atom stereocenters. The van der Waals surface area contributed by atoms with E-state index in [1.165, 1.54) is 40.7 Å². The molecular weight excluding hydrogens is 679 g/mol. The fraction of sp³-hybridized carbons (Fsp3) is 0.351. The first kappa shape index (κ1) is 37.9. The number of hydrogen-bond acceptors (Lipinski definition) is 6. The molecule has 0 bridgehead atoms. The Kier molecular flexibility index (Phi) is 11.8. The summed E-state index contributed by atoms with van der Waals surface area (Å²) in [6.07, 6.45) is 0. The van der Waals surface area contributed by atoms with Crippen molar-refractivity contribution >= 4 is 30.1 Å². The summed E-state index contributed by atoms with van der Waals surface area (Å²) < 4.78 is 86.8. The van der Waals surface area contributed by atoms with Gasteiger partial charge in [-0.05, 0) is 62.6 Å². The average molecular weight is 720 g/mol. The topological polar surface area (TPSA) is 112 Å². The summed E-state index contributed by atoms with van der Waals surface area (Å²) in [6, 6.07) is 18.3. The summed E-state index contributed by atoms with van der Waals surface area (Å²) in [5, 5.41) is 0. The van der Waals surface area contributed by atoms with Gasteiger partial charge in [0, 0.05) is 0 Å². The molecular formula is C37H41N3O6S3. The van der Waals surface area contributed by atoms with E-state index >= 15 is 0 Å². The van der Waals surface area contributed by atoms with Crippen LogP contribution in [0.15, 0.2) is 87.5 Å². The third kappa shape index (κ3) is 9.20. The van der Waals surface area contributed by atoms with Crippen LogP contribution in [-0.2, 0) is 30.1 Å². The molecule has 0 N–H and O–H groups in total. The van der Waals surface area contributed by atoms with Crippen molar-refractivity contribution in [1.29, 1.82) is 0 Å². The molecule has 9 nitrogen and oxygen atoms in total. The van der Waals surface area contributed by atoms with Crippen LogP contribution in [0.4, 0.5) is 0 Å². The fourth-order valence-corrected chi connectivity index (χ4v) is 8.97. The Hall–Kier alpha value is -3.93. The zero-order chi connectivity index (χ0) is 36.0. The third-order valence-corrected chi connectivity index (χ3v) is 13.2. The van der Waals surface area contributed by atoms with E-state index in [4.69, 9.17) is 0 Å². The zero-order valence-electron chi connectivity index (χ0n) is 28.6. The molecule has 0 spiro atoms. The van der Waals surface area contributed by atoms with Crippen molar-refractivity contribution in [3.63, 3.8) is 0 Å². The van der Waals surface area contributed by atoms with Crippen LogP contribution in [0.1, 0.15) is 37.5 Å². The lowest BCUT2D eigenvalue weighted by Gasteiger charge is -2.35. The largest absolute Gasteiger partial charge is 0.245 e. The van der Waals surface area contributed by atoms with E-state index < -0.39 is 41.5 Å². The number of aryl methyl sites for hydroxylation is 3. The van der Waals surface area contributed by atoms with Crippen molar-refractivity contribution in [2.75, 3.05) is 32.7 Å². The lowest BCUT2D eigenvalue weighted by atomic mass is 9.87. The van der Waals surface area contributed by atoms with Crippen LogP contribution in [0.3, 0.4) is 0 Å². The van der Waals surface area contributed by atoms with Crippen LogP contribution in [-0.4, -0.2) is 76.9 Å². The Morgan fingerprint density at radius 2 is 0.796 bits per heavy atom. The second-order valence-corrected chi connectivity index (χ2v) is 18.6. The standard InChI is InChI=1S/C37H41N3O6S3/c1-30-13-19-33(20-14-30)47(41,42)38-25-7-8-26-39(48(43,44)34-21-15-31(2)16-22-34)28-11-12-36(37(4,5)6)40(29-10-9-27-38)49(45,46)35-23-17-32(3)18-24-35/h13-24,36H,25-29H2,1-6H3/t36-/m0/s1. The van der Waals surface area contributed by atoms with Crippen LogP contribution in [0, 0.1) is 61.7 Å². The first-order valence-corrected chi connectivity index (χ1v) is 19.9. The molecule has 3 aromatic carbocycles. The van der Waals surface area contributed by atoms with E-state index in [0.29, 0.717) is 0 Å². The van der Waals surface area contributed by atoms with Crippen molar-refractivity contribution in [3.8, 4) is 35.5 Å². The maximum absolute atomic E-state index is 14.2. The lowest BCUT2D eigenvalue weighted by molar-refractivity contribution is 0.239. The molecule has 3 aromatic rings. The van der Waals surface area contributed by atoms with Crippen molar-refractivity contribution < 1.29 is 25.3 Å². The molecule has 12 heteroatoms. The van der Waals surface area contributed by atoms with Gasteiger partial charge >= 0.3 is 0 Å². The molecule has 0 unspecified atom stereocenters. The van der Waals surface area contributed by atoms with Crippen molar-refractivity contribution in [2.45, 2.75) is 62.3 Å². The van der Waals surface area contributed by atoms with Crippen LogP contribution in [0.5, 0.6) is 0 Å². The van der Waals surface area contributed by atoms with Crippen molar-refractivity contribution in [1.82, 2.24) is 12.9 Å². The molecule has 258 valence electrons. The molecule has 0 saturated heterocycles. The van der Waals surface area contributed by atoms with E-state index in [0.717, 1.165) is 25.3 Å². The summed E-state index contributed by atoms with van der Waals surface area (Å²) in [4.78, 5) is 0.148. The molecule has 1 aliphatic heterocycles. The number of rotatable bonds is 6. The summed E-state index contributed by atoms with van der Waals surface area (Å²) >= 11 is 0. The predicted molar refractivity (Wildman–Crippen MR) is 192 cm³/mol. The average Bonchev–Trinajstić information content (AvgIpc) is 3.04. The number of nitrogens with zero attached hydrogens (tertiary/aromatic N) is 3. The highest BCUT2D eigenvalue weighted by molar-refractivity contribution is 7.89. The molecule has 1 heterocycles. The quantitative estimate of drug-likeness (QED) is 0.349. The van der Waals surface area contributed by atoms with Crippen LogP contribution < -0.4 is 0 Å². The minimum Gasteiger partial charge on any atom is -0.207 e. The van der Waals surface area contributed by atoms with E-state index in [1.54, 1.807) is 36.4 Å². The monoisotopic (exact) mass is 719 g/mol. The summed E-state index contributed by atoms with van der Waals surface area (Å²) in [5.74, 6) is 17.4. The summed E-state index contributed by atoms with van der Waals surface area (Å²) in [7, 11) is -12.3. The second-order valence-electron chi connectivity index (χ2n) is 12.8. The van der Waals surface area contributed by atoms with E-state index in [-0.39, 0.29) is 47.4 Å². The number of sulfonamides is 3. The number of benzene rings is 3. The maximum Gasteiger partial charge on any atom is 0.245 e. The van der Waals surface area contributed by atoms with E-state index in [2.05, 4.69) is 35.5 Å². The molecule has 1 aliphatic rings. The van der Waals surface area contributed by atoms with Gasteiger partial charge in [0.2, 0.25) is 30.1 Å². The molecule has 0 radical (unpaired) electrons. The SMILES string of the molecule is Cc1ccc(S(=O)(=O)N2CC#CCN(S(=O)(=O)c3ccc(C)cc3)CC#C[C@@H](C(C)(C)C)N(S(=O)(=O)c3ccc(C)cc3)CC#CC2)cc1. The number of hydrogen-bond donors (Lipinski definition) is 0. The van der Waals surface area contributed by atoms with Crippen LogP contribution >= 0.6 is 0 Å². The summed E-state index contributed by atoms with van der Waals surface area (Å²) in [6.45, 7) is 9.67. The molecule has 0 fully saturated rings. The second kappa shape index (κ2) is 15.3. The Balaban J connectivity index is 1.86. The Morgan fingerprint density at radius 3 is 1.14 bits per heavy atom. The predicted octanol–water partition coefficient (Wildman–Crippen LogP) is 4.42. The van der Waals surface area contributed by atoms with Gasteiger partial charge in [0.05, 0.1) is 53.5 Å². The zero-order valence-corrected chi connectivity index (χ0v) is 31.0. The maximum atomic E-state index is 14.2. The first-order chi connectivity index (χ1) is 22.9.